The molecule has 0 bridgehead atoms. The highest BCUT2D eigenvalue weighted by atomic mass is 32.1. The fourth-order valence-corrected chi connectivity index (χ4v) is 5.54. The van der Waals surface area contributed by atoms with Crippen molar-refractivity contribution in [3.05, 3.63) is 34.1 Å². The van der Waals surface area contributed by atoms with Gasteiger partial charge in [-0.2, -0.15) is 0 Å². The largest absolute Gasteiger partial charge is 0.480 e. The summed E-state index contributed by atoms with van der Waals surface area (Å²) in [6.45, 7) is 3.32. The van der Waals surface area contributed by atoms with Gasteiger partial charge >= 0.3 is 0 Å². The first-order valence-electron chi connectivity index (χ1n) is 10.4. The maximum Gasteiger partial charge on any atom is 0.237 e. The van der Waals surface area contributed by atoms with Gasteiger partial charge in [0.25, 0.3) is 0 Å². The number of nitrogens with one attached hydrogen (secondary N) is 1. The van der Waals surface area contributed by atoms with Crippen molar-refractivity contribution in [1.29, 1.82) is 0 Å². The first-order valence-corrected chi connectivity index (χ1v) is 11.3. The van der Waals surface area contributed by atoms with E-state index in [-0.39, 0.29) is 11.8 Å². The molecular formula is C22H24N6O2S. The zero-order valence-electron chi connectivity index (χ0n) is 17.8. The average Bonchev–Trinajstić information content (AvgIpc) is 3.40. The number of fused-ring (bicyclic) bond motifs is 4. The summed E-state index contributed by atoms with van der Waals surface area (Å²) < 4.78 is 5.51. The first kappa shape index (κ1) is 19.9. The van der Waals surface area contributed by atoms with Crippen LogP contribution < -0.4 is 10.1 Å². The molecule has 1 atom stereocenters. The molecule has 8 nitrogen and oxygen atoms in total. The van der Waals surface area contributed by atoms with Crippen LogP contribution in [-0.2, 0) is 24.2 Å². The molecule has 2 aliphatic rings. The fraction of sp³-hybridized carbons (Fsp3) is 0.409. The van der Waals surface area contributed by atoms with Crippen molar-refractivity contribution in [1.82, 2.24) is 19.9 Å². The lowest BCUT2D eigenvalue weighted by Gasteiger charge is -2.26. The molecule has 0 unspecified atom stereocenters. The lowest BCUT2D eigenvalue weighted by atomic mass is 9.87. The van der Waals surface area contributed by atoms with Crippen molar-refractivity contribution < 1.29 is 9.53 Å². The minimum atomic E-state index is 0.0372. The molecule has 1 aliphatic carbocycles. The van der Waals surface area contributed by atoms with Gasteiger partial charge in [0.2, 0.25) is 11.8 Å². The van der Waals surface area contributed by atoms with Crippen LogP contribution in [0.1, 0.15) is 35.0 Å². The van der Waals surface area contributed by atoms with Crippen molar-refractivity contribution in [3.8, 4) is 5.88 Å². The number of ether oxygens (including phenoxy) is 1. The van der Waals surface area contributed by atoms with E-state index in [4.69, 9.17) is 4.74 Å². The standard InChI is InChI=1S/C22H24N6O2S/c1-4-28(2)22(29)12-5-6-14-17(8-12)31-21-18(14)19(24-11-25-21)26-15-7-13-9-23-10-16(13)27-20(15)30-3/h7,9,11-12H,4-6,8,10H2,1-3H3,(H,24,25,26)/t12-/m0/s1. The second kappa shape index (κ2) is 7.88. The molecule has 3 aromatic rings. The normalized spacial score (nSPS) is 16.8. The summed E-state index contributed by atoms with van der Waals surface area (Å²) >= 11 is 1.67. The minimum Gasteiger partial charge on any atom is -0.480 e. The Hall–Kier alpha value is -3.07. The Morgan fingerprint density at radius 2 is 2.26 bits per heavy atom. The van der Waals surface area contributed by atoms with Crippen LogP contribution in [0.2, 0.25) is 0 Å². The second-order valence-electron chi connectivity index (χ2n) is 7.87. The summed E-state index contributed by atoms with van der Waals surface area (Å²) in [5.74, 6) is 1.53. The number of methoxy groups -OCH3 is 1. The molecule has 0 aromatic carbocycles. The quantitative estimate of drug-likeness (QED) is 0.659. The molecule has 31 heavy (non-hydrogen) atoms. The molecule has 0 fully saturated rings. The zero-order chi connectivity index (χ0) is 21.5. The molecule has 5 rings (SSSR count). The second-order valence-corrected chi connectivity index (χ2v) is 8.96. The number of hydrogen-bond donors (Lipinski definition) is 1. The Labute approximate surface area is 184 Å². The Bertz CT molecular complexity index is 1200. The number of aryl methyl sites for hydroxylation is 1. The summed E-state index contributed by atoms with van der Waals surface area (Å²) in [4.78, 5) is 34.6. The lowest BCUT2D eigenvalue weighted by molar-refractivity contribution is -0.134. The van der Waals surface area contributed by atoms with Gasteiger partial charge in [-0.1, -0.05) is 0 Å². The molecule has 1 N–H and O–H groups in total. The smallest absolute Gasteiger partial charge is 0.237 e. The van der Waals surface area contributed by atoms with E-state index in [0.29, 0.717) is 12.4 Å². The van der Waals surface area contributed by atoms with E-state index in [0.717, 1.165) is 58.8 Å². The predicted octanol–water partition coefficient (Wildman–Crippen LogP) is 3.35. The summed E-state index contributed by atoms with van der Waals surface area (Å²) in [7, 11) is 3.49. The maximum absolute atomic E-state index is 12.7. The van der Waals surface area contributed by atoms with Crippen LogP contribution in [0.5, 0.6) is 5.88 Å². The van der Waals surface area contributed by atoms with E-state index < -0.39 is 0 Å². The SMILES string of the molecule is CCN(C)C(=O)[C@H]1CCc2c(sc3ncnc(Nc4cc5c(nc4OC)CN=C5)c23)C1. The van der Waals surface area contributed by atoms with Crippen LogP contribution in [0.3, 0.4) is 0 Å². The van der Waals surface area contributed by atoms with Gasteiger partial charge in [-0.25, -0.2) is 15.0 Å². The van der Waals surface area contributed by atoms with E-state index in [1.165, 1.54) is 10.4 Å². The van der Waals surface area contributed by atoms with Crippen LogP contribution >= 0.6 is 11.3 Å². The average molecular weight is 437 g/mol. The van der Waals surface area contributed by atoms with Crippen LogP contribution in [-0.4, -0.2) is 52.7 Å². The number of carbonyl (C=O) groups is 1. The van der Waals surface area contributed by atoms with Crippen molar-refractivity contribution in [3.63, 3.8) is 0 Å². The number of pyridine rings is 1. The summed E-state index contributed by atoms with van der Waals surface area (Å²) in [5, 5.41) is 4.46. The van der Waals surface area contributed by atoms with Crippen LogP contribution in [0.25, 0.3) is 10.2 Å². The Morgan fingerprint density at radius 3 is 3.06 bits per heavy atom. The molecule has 4 heterocycles. The highest BCUT2D eigenvalue weighted by Gasteiger charge is 2.30. The molecule has 3 aromatic heterocycles. The van der Waals surface area contributed by atoms with Gasteiger partial charge in [0.1, 0.15) is 22.7 Å². The van der Waals surface area contributed by atoms with Gasteiger partial charge in [0.15, 0.2) is 0 Å². The highest BCUT2D eigenvalue weighted by molar-refractivity contribution is 7.19. The number of aromatic nitrogens is 3. The minimum absolute atomic E-state index is 0.0372. The molecular weight excluding hydrogens is 412 g/mol. The summed E-state index contributed by atoms with van der Waals surface area (Å²) in [6, 6.07) is 2.00. The molecule has 1 aliphatic heterocycles. The number of anilines is 2. The maximum atomic E-state index is 12.7. The van der Waals surface area contributed by atoms with E-state index in [9.17, 15) is 4.79 Å². The fourth-order valence-electron chi connectivity index (χ4n) is 4.27. The third-order valence-electron chi connectivity index (χ3n) is 6.06. The summed E-state index contributed by atoms with van der Waals surface area (Å²) in [6.07, 6.45) is 5.86. The van der Waals surface area contributed by atoms with Gasteiger partial charge in [-0.3, -0.25) is 9.79 Å². The van der Waals surface area contributed by atoms with E-state index in [1.54, 1.807) is 24.8 Å². The number of carbonyl (C=O) groups excluding carboxylic acids is 1. The molecule has 160 valence electrons. The molecule has 1 amide bonds. The van der Waals surface area contributed by atoms with Crippen molar-refractivity contribution in [2.24, 2.45) is 10.9 Å². The van der Waals surface area contributed by atoms with E-state index >= 15 is 0 Å². The third kappa shape index (κ3) is 3.42. The number of thiophene rings is 1. The molecule has 9 heteroatoms. The number of amides is 1. The van der Waals surface area contributed by atoms with E-state index in [2.05, 4.69) is 25.3 Å². The summed E-state index contributed by atoms with van der Waals surface area (Å²) in [5.41, 5.74) is 3.90. The van der Waals surface area contributed by atoms with Crippen LogP contribution in [0, 0.1) is 5.92 Å². The molecule has 0 radical (unpaired) electrons. The van der Waals surface area contributed by atoms with Crippen molar-refractivity contribution in [2.45, 2.75) is 32.7 Å². The van der Waals surface area contributed by atoms with E-state index in [1.807, 2.05) is 31.2 Å². The van der Waals surface area contributed by atoms with Gasteiger partial charge in [-0.15, -0.1) is 11.3 Å². The predicted molar refractivity (Wildman–Crippen MR) is 122 cm³/mol. The van der Waals surface area contributed by atoms with Gasteiger partial charge in [-0.05, 0) is 37.8 Å². The number of hydrogen-bond acceptors (Lipinski definition) is 8. The molecule has 0 saturated carbocycles. The topological polar surface area (TPSA) is 92.6 Å². The van der Waals surface area contributed by atoms with Crippen molar-refractivity contribution in [2.75, 3.05) is 26.0 Å². The Morgan fingerprint density at radius 1 is 1.39 bits per heavy atom. The zero-order valence-corrected chi connectivity index (χ0v) is 18.6. The number of nitrogens with zero attached hydrogens (tertiary/aromatic N) is 5. The van der Waals surface area contributed by atoms with Gasteiger partial charge < -0.3 is 15.0 Å². The third-order valence-corrected chi connectivity index (χ3v) is 7.23. The van der Waals surface area contributed by atoms with Crippen LogP contribution in [0.4, 0.5) is 11.5 Å². The Kier molecular flexibility index (Phi) is 5.05. The monoisotopic (exact) mass is 436 g/mol. The van der Waals surface area contributed by atoms with Gasteiger partial charge in [0, 0.05) is 36.2 Å². The number of rotatable bonds is 5. The highest BCUT2D eigenvalue weighted by Crippen LogP contribution is 2.41. The Balaban J connectivity index is 1.51. The molecule has 0 saturated heterocycles. The van der Waals surface area contributed by atoms with Gasteiger partial charge in [0.05, 0.1) is 24.7 Å². The van der Waals surface area contributed by atoms with Crippen LogP contribution in [0.15, 0.2) is 17.4 Å². The number of aliphatic imine (C=N–C) groups is 1. The molecule has 0 spiro atoms. The van der Waals surface area contributed by atoms with Crippen molar-refractivity contribution >= 4 is 45.2 Å². The first-order chi connectivity index (χ1) is 15.1. The lowest BCUT2D eigenvalue weighted by Crippen LogP contribution is -2.35.